The molecule has 0 aromatic heterocycles. The van der Waals surface area contributed by atoms with Crippen molar-refractivity contribution in [2.24, 2.45) is 17.8 Å². The molecule has 0 spiro atoms. The van der Waals surface area contributed by atoms with Crippen LogP contribution in [0.25, 0.3) is 0 Å². The molecule has 2 N–H and O–H groups in total. The maximum absolute atomic E-state index is 12.2. The minimum absolute atomic E-state index is 0.0836. The molecular weight excluding hydrogens is 278 g/mol. The summed E-state index contributed by atoms with van der Waals surface area (Å²) in [5.74, 6) is -3.47. The molecule has 21 heavy (non-hydrogen) atoms. The van der Waals surface area contributed by atoms with Gasteiger partial charge in [-0.05, 0) is 39.5 Å². The highest BCUT2D eigenvalue weighted by atomic mass is 16.6. The maximum atomic E-state index is 12.2. The van der Waals surface area contributed by atoms with Crippen LogP contribution in [-0.4, -0.2) is 51.3 Å². The number of likely N-dealkylation sites (tertiary alicyclic amines) is 1. The number of carbonyl (C=O) groups is 3. The predicted octanol–water partition coefficient (Wildman–Crippen LogP) is 1.42. The zero-order chi connectivity index (χ0) is 15.9. The van der Waals surface area contributed by atoms with E-state index in [0.717, 1.165) is 0 Å². The van der Waals surface area contributed by atoms with Crippen molar-refractivity contribution in [2.45, 2.75) is 45.3 Å². The Bertz CT molecular complexity index is 469. The average molecular weight is 299 g/mol. The molecule has 2 rings (SSSR count). The molecule has 7 heteroatoms. The van der Waals surface area contributed by atoms with Crippen LogP contribution in [0.3, 0.4) is 0 Å². The first-order valence-electron chi connectivity index (χ1n) is 7.07. The summed E-state index contributed by atoms with van der Waals surface area (Å²) in [6.07, 6.45) is 0.412. The van der Waals surface area contributed by atoms with Gasteiger partial charge in [-0.1, -0.05) is 0 Å². The lowest BCUT2D eigenvalue weighted by Crippen LogP contribution is -2.47. The van der Waals surface area contributed by atoms with E-state index in [9.17, 15) is 24.6 Å². The Hall–Kier alpha value is -1.79. The van der Waals surface area contributed by atoms with Crippen molar-refractivity contribution in [1.29, 1.82) is 0 Å². The summed E-state index contributed by atoms with van der Waals surface area (Å²) in [6, 6.07) is -1.12. The van der Waals surface area contributed by atoms with Crippen molar-refractivity contribution in [3.8, 4) is 0 Å². The van der Waals surface area contributed by atoms with E-state index in [-0.39, 0.29) is 12.5 Å². The molecule has 0 unspecified atom stereocenters. The van der Waals surface area contributed by atoms with E-state index in [1.165, 1.54) is 4.90 Å². The average Bonchev–Trinajstić information content (AvgIpc) is 2.82. The van der Waals surface area contributed by atoms with Crippen LogP contribution in [0.5, 0.6) is 0 Å². The van der Waals surface area contributed by atoms with Crippen molar-refractivity contribution in [3.63, 3.8) is 0 Å². The predicted molar refractivity (Wildman–Crippen MR) is 71.7 cm³/mol. The number of fused-ring (bicyclic) bond motifs is 1. The minimum atomic E-state index is -1.17. The molecule has 1 amide bonds. The van der Waals surface area contributed by atoms with Crippen LogP contribution >= 0.6 is 0 Å². The Labute approximate surface area is 122 Å². The normalized spacial score (nSPS) is 31.9. The molecule has 0 aromatic rings. The number of hydrogen-bond acceptors (Lipinski definition) is 4. The van der Waals surface area contributed by atoms with Crippen LogP contribution in [-0.2, 0) is 14.3 Å². The van der Waals surface area contributed by atoms with Gasteiger partial charge >= 0.3 is 18.0 Å². The molecule has 1 saturated heterocycles. The van der Waals surface area contributed by atoms with Gasteiger partial charge in [-0.15, -0.1) is 0 Å². The topological polar surface area (TPSA) is 104 Å². The molecule has 0 bridgehead atoms. The van der Waals surface area contributed by atoms with Crippen molar-refractivity contribution < 1.29 is 29.3 Å². The third-order valence-corrected chi connectivity index (χ3v) is 4.19. The molecule has 118 valence electrons. The van der Waals surface area contributed by atoms with Gasteiger partial charge in [-0.3, -0.25) is 9.69 Å². The van der Waals surface area contributed by atoms with Crippen LogP contribution in [0.15, 0.2) is 0 Å². The van der Waals surface area contributed by atoms with Gasteiger partial charge in [0, 0.05) is 12.5 Å². The van der Waals surface area contributed by atoms with E-state index >= 15 is 0 Å². The summed E-state index contributed by atoms with van der Waals surface area (Å²) in [4.78, 5) is 36.2. The third-order valence-electron chi connectivity index (χ3n) is 4.19. The quantitative estimate of drug-likeness (QED) is 0.799. The fraction of sp³-hybridized carbons (Fsp3) is 0.786. The second-order valence-electron chi connectivity index (χ2n) is 6.78. The van der Waals surface area contributed by atoms with Crippen LogP contribution in [0.4, 0.5) is 4.79 Å². The number of carboxylic acid groups (broad SMARTS) is 2. The van der Waals surface area contributed by atoms with Crippen molar-refractivity contribution >= 4 is 18.0 Å². The summed E-state index contributed by atoms with van der Waals surface area (Å²) in [7, 11) is 0. The Kier molecular flexibility index (Phi) is 3.86. The largest absolute Gasteiger partial charge is 0.481 e. The first-order chi connectivity index (χ1) is 9.61. The number of aliphatic carboxylic acids is 2. The van der Waals surface area contributed by atoms with Gasteiger partial charge < -0.3 is 14.9 Å². The molecule has 4 atom stereocenters. The molecule has 1 saturated carbocycles. The monoisotopic (exact) mass is 299 g/mol. The van der Waals surface area contributed by atoms with Crippen LogP contribution in [0.1, 0.15) is 33.6 Å². The zero-order valence-corrected chi connectivity index (χ0v) is 12.4. The minimum Gasteiger partial charge on any atom is -0.481 e. The molecule has 0 aromatic carbocycles. The lowest BCUT2D eigenvalue weighted by atomic mass is 9.86. The molecule has 2 aliphatic rings. The van der Waals surface area contributed by atoms with E-state index in [2.05, 4.69) is 0 Å². The highest BCUT2D eigenvalue weighted by Gasteiger charge is 2.56. The number of carbonyl (C=O) groups excluding carboxylic acids is 1. The van der Waals surface area contributed by atoms with E-state index in [4.69, 9.17) is 4.74 Å². The summed E-state index contributed by atoms with van der Waals surface area (Å²) in [5, 5.41) is 18.7. The Balaban J connectivity index is 2.23. The van der Waals surface area contributed by atoms with E-state index < -0.39 is 41.5 Å². The second kappa shape index (κ2) is 5.20. The third kappa shape index (κ3) is 2.96. The zero-order valence-electron chi connectivity index (χ0n) is 12.4. The molecule has 0 radical (unpaired) electrons. The first-order valence-corrected chi connectivity index (χ1v) is 7.07. The van der Waals surface area contributed by atoms with Gasteiger partial charge in [0.25, 0.3) is 0 Å². The highest BCUT2D eigenvalue weighted by Crippen LogP contribution is 2.46. The molecule has 1 aliphatic heterocycles. The van der Waals surface area contributed by atoms with Crippen molar-refractivity contribution in [1.82, 2.24) is 4.90 Å². The van der Waals surface area contributed by atoms with Gasteiger partial charge in [-0.25, -0.2) is 9.59 Å². The van der Waals surface area contributed by atoms with Gasteiger partial charge in [-0.2, -0.15) is 0 Å². The number of carboxylic acids is 2. The lowest BCUT2D eigenvalue weighted by Gasteiger charge is -2.29. The SMILES string of the molecule is CC(C)(C)OC(=O)N1C[C@@H]2CC[C@H](C(=O)O)[C@@H]2[C@H]1C(=O)O. The number of hydrogen-bond donors (Lipinski definition) is 2. The molecule has 2 fully saturated rings. The van der Waals surface area contributed by atoms with Crippen LogP contribution < -0.4 is 0 Å². The fourth-order valence-electron chi connectivity index (χ4n) is 3.47. The van der Waals surface area contributed by atoms with E-state index in [1.807, 2.05) is 0 Å². The Morgan fingerprint density at radius 3 is 2.19 bits per heavy atom. The molecular formula is C14H21NO6. The Morgan fingerprint density at radius 1 is 1.10 bits per heavy atom. The molecule has 7 nitrogen and oxygen atoms in total. The number of amides is 1. The number of ether oxygens (including phenoxy) is 1. The van der Waals surface area contributed by atoms with Crippen LogP contribution in [0.2, 0.25) is 0 Å². The van der Waals surface area contributed by atoms with Crippen molar-refractivity contribution in [3.05, 3.63) is 0 Å². The van der Waals surface area contributed by atoms with Crippen LogP contribution in [0, 0.1) is 17.8 Å². The van der Waals surface area contributed by atoms with Gasteiger partial charge in [0.1, 0.15) is 11.6 Å². The smallest absolute Gasteiger partial charge is 0.411 e. The molecule has 1 aliphatic carbocycles. The highest BCUT2D eigenvalue weighted by molar-refractivity contribution is 5.83. The maximum Gasteiger partial charge on any atom is 0.411 e. The standard InChI is InChI=1S/C14H21NO6/c1-14(2,3)21-13(20)15-6-7-4-5-8(11(16)17)9(7)10(15)12(18)19/h7-10H,4-6H2,1-3H3,(H,16,17)(H,18,19)/t7-,8-,9+,10-/m0/s1. The summed E-state index contributed by atoms with van der Waals surface area (Å²) in [5.41, 5.74) is -0.718. The molecule has 1 heterocycles. The second-order valence-corrected chi connectivity index (χ2v) is 6.78. The van der Waals surface area contributed by atoms with Gasteiger partial charge in [0.2, 0.25) is 0 Å². The summed E-state index contributed by atoms with van der Waals surface area (Å²) in [6.45, 7) is 5.37. The number of rotatable bonds is 2. The Morgan fingerprint density at radius 2 is 1.71 bits per heavy atom. The number of nitrogens with zero attached hydrogens (tertiary/aromatic N) is 1. The first kappa shape index (κ1) is 15.6. The van der Waals surface area contributed by atoms with Gasteiger partial charge in [0.05, 0.1) is 5.92 Å². The lowest BCUT2D eigenvalue weighted by molar-refractivity contribution is -0.148. The summed E-state index contributed by atoms with van der Waals surface area (Å²) < 4.78 is 5.24. The fourth-order valence-corrected chi connectivity index (χ4v) is 3.47. The summed E-state index contributed by atoms with van der Waals surface area (Å²) >= 11 is 0. The van der Waals surface area contributed by atoms with E-state index in [1.54, 1.807) is 20.8 Å². The van der Waals surface area contributed by atoms with E-state index in [0.29, 0.717) is 12.8 Å². The van der Waals surface area contributed by atoms with Crippen molar-refractivity contribution in [2.75, 3.05) is 6.54 Å². The van der Waals surface area contributed by atoms with Gasteiger partial charge in [0.15, 0.2) is 0 Å².